The van der Waals surface area contributed by atoms with Gasteiger partial charge in [-0.2, -0.15) is 0 Å². The van der Waals surface area contributed by atoms with E-state index in [0.717, 1.165) is 11.1 Å². The molecule has 0 fully saturated rings. The minimum absolute atomic E-state index is 0.210. The van der Waals surface area contributed by atoms with E-state index in [9.17, 15) is 14.4 Å². The lowest BCUT2D eigenvalue weighted by molar-refractivity contribution is -0.152. The molecule has 28 heavy (non-hydrogen) atoms. The number of primary amides is 1. The molecule has 0 aliphatic heterocycles. The summed E-state index contributed by atoms with van der Waals surface area (Å²) in [6.45, 7) is 3.09. The number of aromatic nitrogens is 2. The number of nitrogens with zero attached hydrogens (tertiary/aromatic N) is 1. The summed E-state index contributed by atoms with van der Waals surface area (Å²) >= 11 is 2.66. The van der Waals surface area contributed by atoms with E-state index in [-0.39, 0.29) is 5.56 Å². The lowest BCUT2D eigenvalue weighted by Gasteiger charge is -2.14. The third kappa shape index (κ3) is 4.42. The van der Waals surface area contributed by atoms with Gasteiger partial charge in [0, 0.05) is 10.9 Å². The Balaban J connectivity index is 1.74. The summed E-state index contributed by atoms with van der Waals surface area (Å²) in [5.41, 5.74) is 6.70. The molecule has 9 heteroatoms. The second kappa shape index (κ2) is 8.57. The standard InChI is InChI=1S/C19H19N3O4S2/c1-10(16(20)23)26-19(25)11(2)27-9-14-21-17(24)15-13(8-28-18(15)22-14)12-6-4-3-5-7-12/h3-8,10-11H,9H2,1-2H3,(H2,20,23)(H,21,22,24)/t10-,11-/m0/s1. The molecule has 3 N–H and O–H groups in total. The van der Waals surface area contributed by atoms with Gasteiger partial charge in [-0.25, -0.2) is 4.98 Å². The zero-order valence-electron chi connectivity index (χ0n) is 15.3. The Hall–Kier alpha value is -2.65. The highest BCUT2D eigenvalue weighted by Gasteiger charge is 2.21. The smallest absolute Gasteiger partial charge is 0.319 e. The number of benzene rings is 1. The average molecular weight is 418 g/mol. The number of hydrogen-bond acceptors (Lipinski definition) is 7. The molecule has 146 valence electrons. The zero-order valence-corrected chi connectivity index (χ0v) is 16.9. The van der Waals surface area contributed by atoms with Gasteiger partial charge in [-0.05, 0) is 19.4 Å². The molecule has 0 radical (unpaired) electrons. The molecule has 3 rings (SSSR count). The number of hydrogen-bond donors (Lipinski definition) is 2. The van der Waals surface area contributed by atoms with Crippen LogP contribution in [-0.4, -0.2) is 33.2 Å². The van der Waals surface area contributed by atoms with Crippen molar-refractivity contribution in [2.45, 2.75) is 31.0 Å². The van der Waals surface area contributed by atoms with Gasteiger partial charge in [0.25, 0.3) is 11.5 Å². The number of aromatic amines is 1. The van der Waals surface area contributed by atoms with Crippen LogP contribution in [0.4, 0.5) is 0 Å². The Morgan fingerprint density at radius 3 is 2.68 bits per heavy atom. The van der Waals surface area contributed by atoms with Gasteiger partial charge in [-0.3, -0.25) is 14.4 Å². The van der Waals surface area contributed by atoms with Gasteiger partial charge in [0.05, 0.1) is 11.1 Å². The Labute approximate surface area is 169 Å². The number of nitrogens with two attached hydrogens (primary N) is 1. The number of ether oxygens (including phenoxy) is 1. The molecule has 2 heterocycles. The molecular weight excluding hydrogens is 398 g/mol. The van der Waals surface area contributed by atoms with Crippen molar-refractivity contribution in [2.75, 3.05) is 0 Å². The van der Waals surface area contributed by atoms with E-state index in [4.69, 9.17) is 10.5 Å². The molecular formula is C19H19N3O4S2. The number of amides is 1. The summed E-state index contributed by atoms with van der Waals surface area (Å²) in [5.74, 6) is -0.437. The van der Waals surface area contributed by atoms with Gasteiger partial charge < -0.3 is 15.5 Å². The molecule has 2 aromatic heterocycles. The van der Waals surface area contributed by atoms with Gasteiger partial charge >= 0.3 is 5.97 Å². The van der Waals surface area contributed by atoms with Gasteiger partial charge in [-0.1, -0.05) is 30.3 Å². The first-order valence-electron chi connectivity index (χ1n) is 8.54. The van der Waals surface area contributed by atoms with Gasteiger partial charge in [0.2, 0.25) is 0 Å². The Bertz CT molecular complexity index is 1060. The highest BCUT2D eigenvalue weighted by atomic mass is 32.2. The molecule has 0 saturated heterocycles. The van der Waals surface area contributed by atoms with E-state index in [1.165, 1.54) is 30.0 Å². The van der Waals surface area contributed by atoms with Crippen molar-refractivity contribution in [1.82, 2.24) is 9.97 Å². The van der Waals surface area contributed by atoms with Crippen LogP contribution in [-0.2, 0) is 20.1 Å². The van der Waals surface area contributed by atoms with Crippen LogP contribution in [0.1, 0.15) is 19.7 Å². The summed E-state index contributed by atoms with van der Waals surface area (Å²) in [4.78, 5) is 43.5. The van der Waals surface area contributed by atoms with Crippen LogP contribution in [0.5, 0.6) is 0 Å². The fraction of sp³-hybridized carbons (Fsp3) is 0.263. The zero-order chi connectivity index (χ0) is 20.3. The molecule has 2 atom stereocenters. The van der Waals surface area contributed by atoms with Crippen LogP contribution >= 0.6 is 23.1 Å². The molecule has 3 aromatic rings. The lowest BCUT2D eigenvalue weighted by atomic mass is 10.1. The van der Waals surface area contributed by atoms with Crippen molar-refractivity contribution in [3.63, 3.8) is 0 Å². The molecule has 7 nitrogen and oxygen atoms in total. The fourth-order valence-electron chi connectivity index (χ4n) is 2.49. The van der Waals surface area contributed by atoms with Gasteiger partial charge in [0.1, 0.15) is 15.9 Å². The number of thiophene rings is 1. The summed E-state index contributed by atoms with van der Waals surface area (Å²) in [5, 5.41) is 1.95. The van der Waals surface area contributed by atoms with E-state index in [2.05, 4.69) is 9.97 Å². The van der Waals surface area contributed by atoms with Crippen molar-refractivity contribution in [3.8, 4) is 11.1 Å². The third-order valence-electron chi connectivity index (χ3n) is 4.07. The highest BCUT2D eigenvalue weighted by Crippen LogP contribution is 2.30. The Morgan fingerprint density at radius 2 is 2.00 bits per heavy atom. The van der Waals surface area contributed by atoms with Crippen molar-refractivity contribution in [1.29, 1.82) is 0 Å². The number of fused-ring (bicyclic) bond motifs is 1. The number of H-pyrrole nitrogens is 1. The number of carbonyl (C=O) groups excluding carboxylic acids is 2. The molecule has 0 bridgehead atoms. The molecule has 0 aliphatic rings. The van der Waals surface area contributed by atoms with Crippen molar-refractivity contribution < 1.29 is 14.3 Å². The first-order chi connectivity index (χ1) is 13.4. The van der Waals surface area contributed by atoms with Crippen LogP contribution in [0.15, 0.2) is 40.5 Å². The maximum absolute atomic E-state index is 12.6. The third-order valence-corrected chi connectivity index (χ3v) is 6.08. The second-order valence-corrected chi connectivity index (χ2v) is 8.33. The van der Waals surface area contributed by atoms with Crippen LogP contribution in [0.25, 0.3) is 21.3 Å². The average Bonchev–Trinajstić information content (AvgIpc) is 3.11. The number of rotatable bonds is 7. The van der Waals surface area contributed by atoms with E-state index >= 15 is 0 Å². The first kappa shape index (κ1) is 20.1. The van der Waals surface area contributed by atoms with E-state index in [1.54, 1.807) is 6.92 Å². The number of esters is 1. The van der Waals surface area contributed by atoms with Crippen LogP contribution in [0.2, 0.25) is 0 Å². The lowest BCUT2D eigenvalue weighted by Crippen LogP contribution is -2.33. The molecule has 0 spiro atoms. The van der Waals surface area contributed by atoms with E-state index in [0.29, 0.717) is 21.8 Å². The maximum Gasteiger partial charge on any atom is 0.319 e. The van der Waals surface area contributed by atoms with E-state index < -0.39 is 23.2 Å². The number of thioether (sulfide) groups is 1. The van der Waals surface area contributed by atoms with Crippen LogP contribution < -0.4 is 11.3 Å². The van der Waals surface area contributed by atoms with Crippen molar-refractivity contribution in [2.24, 2.45) is 5.73 Å². The number of carbonyl (C=O) groups is 2. The molecule has 0 saturated carbocycles. The van der Waals surface area contributed by atoms with Crippen molar-refractivity contribution >= 4 is 45.2 Å². The summed E-state index contributed by atoms with van der Waals surface area (Å²) in [6.07, 6.45) is -0.979. The summed E-state index contributed by atoms with van der Waals surface area (Å²) in [6, 6.07) is 9.67. The summed E-state index contributed by atoms with van der Waals surface area (Å²) < 4.78 is 4.98. The van der Waals surface area contributed by atoms with Crippen molar-refractivity contribution in [3.05, 3.63) is 51.9 Å². The van der Waals surface area contributed by atoms with Crippen LogP contribution in [0.3, 0.4) is 0 Å². The SMILES string of the molecule is C[C@H](OC(=O)[C@H](C)SCc1nc2scc(-c3ccccc3)c2c(=O)[nH]1)C(N)=O. The largest absolute Gasteiger partial charge is 0.452 e. The molecule has 0 unspecified atom stereocenters. The predicted molar refractivity (Wildman–Crippen MR) is 111 cm³/mol. The van der Waals surface area contributed by atoms with Gasteiger partial charge in [-0.15, -0.1) is 23.1 Å². The van der Waals surface area contributed by atoms with E-state index in [1.807, 2.05) is 35.7 Å². The normalized spacial score (nSPS) is 13.2. The fourth-order valence-corrected chi connectivity index (χ4v) is 4.20. The van der Waals surface area contributed by atoms with Crippen LogP contribution in [0, 0.1) is 0 Å². The predicted octanol–water partition coefficient (Wildman–Crippen LogP) is 2.69. The Morgan fingerprint density at radius 1 is 1.29 bits per heavy atom. The highest BCUT2D eigenvalue weighted by molar-refractivity contribution is 7.99. The quantitative estimate of drug-likeness (QED) is 0.571. The number of nitrogens with one attached hydrogen (secondary N) is 1. The minimum atomic E-state index is -0.979. The topological polar surface area (TPSA) is 115 Å². The monoisotopic (exact) mass is 417 g/mol. The maximum atomic E-state index is 12.6. The molecule has 1 aromatic carbocycles. The first-order valence-corrected chi connectivity index (χ1v) is 10.5. The Kier molecular flexibility index (Phi) is 6.15. The van der Waals surface area contributed by atoms with Gasteiger partial charge in [0.15, 0.2) is 6.10 Å². The molecule has 1 amide bonds. The molecule has 0 aliphatic carbocycles. The second-order valence-electron chi connectivity index (χ2n) is 6.14. The minimum Gasteiger partial charge on any atom is -0.452 e. The summed E-state index contributed by atoms with van der Waals surface area (Å²) in [7, 11) is 0.